The fourth-order valence-corrected chi connectivity index (χ4v) is 3.91. The first kappa shape index (κ1) is 18.5. The van der Waals surface area contributed by atoms with Crippen molar-refractivity contribution in [2.24, 2.45) is 0 Å². The number of carbonyl (C=O) groups is 1. The van der Waals surface area contributed by atoms with Gasteiger partial charge < -0.3 is 14.2 Å². The summed E-state index contributed by atoms with van der Waals surface area (Å²) in [6, 6.07) is 6.33. The largest absolute Gasteiger partial charge is 0.408 e. The zero-order valence-electron chi connectivity index (χ0n) is 15.7. The predicted octanol–water partition coefficient (Wildman–Crippen LogP) is 2.43. The van der Waals surface area contributed by atoms with Crippen LogP contribution in [-0.4, -0.2) is 57.2 Å². The molecule has 0 saturated carbocycles. The highest BCUT2D eigenvalue weighted by Gasteiger charge is 2.24. The van der Waals surface area contributed by atoms with Gasteiger partial charge in [0.1, 0.15) is 5.01 Å². The van der Waals surface area contributed by atoms with E-state index in [2.05, 4.69) is 20.2 Å². The first-order chi connectivity index (χ1) is 13.7. The summed E-state index contributed by atoms with van der Waals surface area (Å²) in [7, 11) is 0. The lowest BCUT2D eigenvalue weighted by Crippen LogP contribution is -2.49. The normalized spacial score (nSPS) is 14.5. The standard InChI is InChI=1S/C19H22N6O2S/c1-2-16-22-23-19(27-16)25-11-9-24(10-12-25)17(26)7-6-14-13-28-18(21-14)15-5-3-4-8-20-15/h3-5,8,13H,2,6-7,9-12H2,1H3. The van der Waals surface area contributed by atoms with Crippen LogP contribution in [0.1, 0.15) is 24.9 Å². The lowest BCUT2D eigenvalue weighted by atomic mass is 10.2. The third-order valence-corrected chi connectivity index (χ3v) is 5.61. The van der Waals surface area contributed by atoms with Gasteiger partial charge in [-0.05, 0) is 18.6 Å². The van der Waals surface area contributed by atoms with Gasteiger partial charge in [0.25, 0.3) is 0 Å². The van der Waals surface area contributed by atoms with Crippen LogP contribution in [0.25, 0.3) is 10.7 Å². The van der Waals surface area contributed by atoms with Crippen LogP contribution in [0, 0.1) is 0 Å². The number of thiazole rings is 1. The number of pyridine rings is 1. The summed E-state index contributed by atoms with van der Waals surface area (Å²) in [6.07, 6.45) is 3.60. The maximum Gasteiger partial charge on any atom is 0.318 e. The number of hydrogen-bond acceptors (Lipinski definition) is 8. The molecule has 0 unspecified atom stereocenters. The molecule has 8 nitrogen and oxygen atoms in total. The molecule has 0 radical (unpaired) electrons. The molecule has 0 N–H and O–H groups in total. The van der Waals surface area contributed by atoms with Gasteiger partial charge >= 0.3 is 6.01 Å². The molecule has 1 fully saturated rings. The highest BCUT2D eigenvalue weighted by Crippen LogP contribution is 2.22. The number of aromatic nitrogens is 4. The van der Waals surface area contributed by atoms with E-state index in [4.69, 9.17) is 4.42 Å². The SMILES string of the molecule is CCc1nnc(N2CCN(C(=O)CCc3csc(-c4ccccn4)n3)CC2)o1. The van der Waals surface area contributed by atoms with Gasteiger partial charge in [0.15, 0.2) is 0 Å². The van der Waals surface area contributed by atoms with Crippen LogP contribution in [0.2, 0.25) is 0 Å². The first-order valence-corrected chi connectivity index (χ1v) is 10.3. The van der Waals surface area contributed by atoms with Gasteiger partial charge in [0.2, 0.25) is 11.8 Å². The molecule has 0 atom stereocenters. The van der Waals surface area contributed by atoms with E-state index in [1.54, 1.807) is 17.5 Å². The molecule has 1 saturated heterocycles. The van der Waals surface area contributed by atoms with Crippen LogP contribution < -0.4 is 4.90 Å². The highest BCUT2D eigenvalue weighted by atomic mass is 32.1. The fraction of sp³-hybridized carbons (Fsp3) is 0.421. The van der Waals surface area contributed by atoms with Crippen LogP contribution in [0.15, 0.2) is 34.2 Å². The number of rotatable bonds is 6. The van der Waals surface area contributed by atoms with E-state index in [0.717, 1.165) is 22.8 Å². The van der Waals surface area contributed by atoms with Crippen molar-refractivity contribution in [3.05, 3.63) is 41.4 Å². The first-order valence-electron chi connectivity index (χ1n) is 9.44. The molecule has 9 heteroatoms. The van der Waals surface area contributed by atoms with Gasteiger partial charge in [-0.25, -0.2) is 4.98 Å². The summed E-state index contributed by atoms with van der Waals surface area (Å²) >= 11 is 1.56. The number of amides is 1. The lowest BCUT2D eigenvalue weighted by Gasteiger charge is -2.33. The Labute approximate surface area is 167 Å². The Morgan fingerprint density at radius 1 is 1.21 bits per heavy atom. The second-order valence-electron chi connectivity index (χ2n) is 6.56. The van der Waals surface area contributed by atoms with Crippen molar-refractivity contribution in [1.29, 1.82) is 0 Å². The van der Waals surface area contributed by atoms with Gasteiger partial charge in [0, 0.05) is 50.6 Å². The Balaban J connectivity index is 1.26. The maximum absolute atomic E-state index is 12.6. The van der Waals surface area contributed by atoms with Crippen molar-refractivity contribution < 1.29 is 9.21 Å². The Kier molecular flexibility index (Phi) is 5.61. The number of carbonyl (C=O) groups excluding carboxylic acids is 1. The summed E-state index contributed by atoms with van der Waals surface area (Å²) in [5.41, 5.74) is 1.81. The summed E-state index contributed by atoms with van der Waals surface area (Å²) in [4.78, 5) is 25.4. The highest BCUT2D eigenvalue weighted by molar-refractivity contribution is 7.13. The minimum atomic E-state index is 0.159. The molecule has 1 aliphatic heterocycles. The van der Waals surface area contributed by atoms with Crippen molar-refractivity contribution in [3.63, 3.8) is 0 Å². The molecule has 0 aromatic carbocycles. The zero-order valence-corrected chi connectivity index (χ0v) is 16.6. The van der Waals surface area contributed by atoms with Gasteiger partial charge in [-0.15, -0.1) is 16.4 Å². The van der Waals surface area contributed by atoms with Crippen LogP contribution in [0.4, 0.5) is 6.01 Å². The van der Waals surface area contributed by atoms with E-state index >= 15 is 0 Å². The molecule has 3 aromatic heterocycles. The molecule has 0 bridgehead atoms. The van der Waals surface area contributed by atoms with Gasteiger partial charge in [-0.3, -0.25) is 9.78 Å². The van der Waals surface area contributed by atoms with Crippen molar-refractivity contribution in [3.8, 4) is 10.7 Å². The predicted molar refractivity (Wildman–Crippen MR) is 106 cm³/mol. The third kappa shape index (κ3) is 4.19. The second kappa shape index (κ2) is 8.47. The fourth-order valence-electron chi connectivity index (χ4n) is 3.08. The van der Waals surface area contributed by atoms with E-state index in [1.165, 1.54) is 0 Å². The lowest BCUT2D eigenvalue weighted by molar-refractivity contribution is -0.131. The summed E-state index contributed by atoms with van der Waals surface area (Å²) in [5, 5.41) is 11.0. The molecule has 28 heavy (non-hydrogen) atoms. The van der Waals surface area contributed by atoms with Crippen LogP contribution in [0.3, 0.4) is 0 Å². The van der Waals surface area contributed by atoms with Crippen LogP contribution in [0.5, 0.6) is 0 Å². The second-order valence-corrected chi connectivity index (χ2v) is 7.42. The molecule has 4 heterocycles. The summed E-state index contributed by atoms with van der Waals surface area (Å²) in [5.74, 6) is 0.800. The molecular weight excluding hydrogens is 376 g/mol. The van der Waals surface area contributed by atoms with E-state index in [0.29, 0.717) is 50.9 Å². The maximum atomic E-state index is 12.6. The average Bonchev–Trinajstić information content (AvgIpc) is 3.42. The number of anilines is 1. The third-order valence-electron chi connectivity index (χ3n) is 4.69. The Bertz CT molecular complexity index is 917. The number of piperazine rings is 1. The Hall–Kier alpha value is -2.81. The number of nitrogens with zero attached hydrogens (tertiary/aromatic N) is 6. The summed E-state index contributed by atoms with van der Waals surface area (Å²) in [6.45, 7) is 4.72. The smallest absolute Gasteiger partial charge is 0.318 e. The minimum Gasteiger partial charge on any atom is -0.408 e. The van der Waals surface area contributed by atoms with Crippen molar-refractivity contribution in [2.75, 3.05) is 31.1 Å². The van der Waals surface area contributed by atoms with Crippen LogP contribution >= 0.6 is 11.3 Å². The molecule has 1 amide bonds. The quantitative estimate of drug-likeness (QED) is 0.630. The van der Waals surface area contributed by atoms with Crippen molar-refractivity contribution in [2.45, 2.75) is 26.2 Å². The number of hydrogen-bond donors (Lipinski definition) is 0. The Morgan fingerprint density at radius 3 is 2.79 bits per heavy atom. The Morgan fingerprint density at radius 2 is 2.07 bits per heavy atom. The van der Waals surface area contributed by atoms with Crippen LogP contribution in [-0.2, 0) is 17.6 Å². The minimum absolute atomic E-state index is 0.159. The molecule has 3 aromatic rings. The van der Waals surface area contributed by atoms with Crippen molar-refractivity contribution >= 4 is 23.3 Å². The molecule has 1 aliphatic rings. The monoisotopic (exact) mass is 398 g/mol. The average molecular weight is 398 g/mol. The number of aryl methyl sites for hydroxylation is 2. The van der Waals surface area contributed by atoms with Gasteiger partial charge in [-0.2, -0.15) is 0 Å². The van der Waals surface area contributed by atoms with E-state index in [1.807, 2.05) is 40.3 Å². The van der Waals surface area contributed by atoms with E-state index in [-0.39, 0.29) is 5.91 Å². The molecule has 0 spiro atoms. The summed E-state index contributed by atoms with van der Waals surface area (Å²) < 4.78 is 5.60. The van der Waals surface area contributed by atoms with Gasteiger partial charge in [0.05, 0.1) is 11.4 Å². The molecule has 146 valence electrons. The molecular formula is C19H22N6O2S. The molecule has 0 aliphatic carbocycles. The van der Waals surface area contributed by atoms with E-state index in [9.17, 15) is 4.79 Å². The van der Waals surface area contributed by atoms with Crippen molar-refractivity contribution in [1.82, 2.24) is 25.1 Å². The van der Waals surface area contributed by atoms with E-state index < -0.39 is 0 Å². The zero-order chi connectivity index (χ0) is 19.3. The molecule has 4 rings (SSSR count). The van der Waals surface area contributed by atoms with Gasteiger partial charge in [-0.1, -0.05) is 18.1 Å². The topological polar surface area (TPSA) is 88.3 Å².